The highest BCUT2D eigenvalue weighted by atomic mass is 19.1. The normalized spacial score (nSPS) is 18.8. The van der Waals surface area contributed by atoms with Crippen LogP contribution >= 0.6 is 0 Å². The van der Waals surface area contributed by atoms with Gasteiger partial charge in [-0.25, -0.2) is 4.39 Å². The topological polar surface area (TPSA) is 66.7 Å². The molecule has 1 fully saturated rings. The van der Waals surface area contributed by atoms with E-state index < -0.39 is 0 Å². The minimum atomic E-state index is -0.341. The summed E-state index contributed by atoms with van der Waals surface area (Å²) in [4.78, 5) is 28.2. The molecule has 2 unspecified atom stereocenters. The van der Waals surface area contributed by atoms with Crippen LogP contribution in [0.5, 0.6) is 0 Å². The first-order valence-corrected chi connectivity index (χ1v) is 11.6. The van der Waals surface area contributed by atoms with Crippen molar-refractivity contribution in [2.75, 3.05) is 26.2 Å². The third kappa shape index (κ3) is 6.38. The molecule has 1 amide bonds. The van der Waals surface area contributed by atoms with E-state index in [1.807, 2.05) is 36.9 Å². The number of carbonyl (C=O) groups is 1. The van der Waals surface area contributed by atoms with Gasteiger partial charge in [0.15, 0.2) is 0 Å². The molecule has 1 saturated heterocycles. The summed E-state index contributed by atoms with van der Waals surface area (Å²) in [5.74, 6) is 0.391. The Balaban J connectivity index is 1.86. The SMILES string of the molecule is CC(C)CN(CC1CN(Cc2ccccc2[N+](=O)[O-])CC1c1ccc(F)cc1)C(=O)C(C)C. The molecule has 0 saturated carbocycles. The van der Waals surface area contributed by atoms with Crippen molar-refractivity contribution in [3.8, 4) is 0 Å². The largest absolute Gasteiger partial charge is 0.342 e. The van der Waals surface area contributed by atoms with Crippen LogP contribution in [0.4, 0.5) is 10.1 Å². The Morgan fingerprint density at radius 2 is 1.79 bits per heavy atom. The fourth-order valence-corrected chi connectivity index (χ4v) is 4.77. The van der Waals surface area contributed by atoms with E-state index >= 15 is 0 Å². The van der Waals surface area contributed by atoms with Gasteiger partial charge in [0, 0.05) is 56.2 Å². The minimum absolute atomic E-state index is 0.0857. The molecule has 3 rings (SSSR count). The average molecular weight is 456 g/mol. The van der Waals surface area contributed by atoms with E-state index in [2.05, 4.69) is 18.7 Å². The third-order valence-corrected chi connectivity index (χ3v) is 6.24. The number of likely N-dealkylation sites (tertiary alicyclic amines) is 1. The standard InChI is InChI=1S/C26H34FN3O3/c1-18(2)13-29(26(31)19(3)4)16-22-15-28(14-21-7-5-6-8-25(21)30(32)33)17-24(22)20-9-11-23(27)12-10-20/h5-12,18-19,22,24H,13-17H2,1-4H3. The van der Waals surface area contributed by atoms with Crippen molar-refractivity contribution in [1.82, 2.24) is 9.80 Å². The number of hydrogen-bond donors (Lipinski definition) is 0. The number of amides is 1. The molecular weight excluding hydrogens is 421 g/mol. The van der Waals surface area contributed by atoms with E-state index in [9.17, 15) is 19.3 Å². The summed E-state index contributed by atoms with van der Waals surface area (Å²) in [5, 5.41) is 11.5. The second-order valence-corrected chi connectivity index (χ2v) is 9.79. The summed E-state index contributed by atoms with van der Waals surface area (Å²) in [6.45, 7) is 11.2. The average Bonchev–Trinajstić information content (AvgIpc) is 3.15. The molecule has 1 heterocycles. The summed E-state index contributed by atoms with van der Waals surface area (Å²) in [5.41, 5.74) is 1.84. The first-order valence-electron chi connectivity index (χ1n) is 11.6. The number of hydrogen-bond acceptors (Lipinski definition) is 4. The quantitative estimate of drug-likeness (QED) is 0.390. The van der Waals surface area contributed by atoms with Crippen molar-refractivity contribution >= 4 is 11.6 Å². The van der Waals surface area contributed by atoms with Gasteiger partial charge in [-0.1, -0.05) is 58.0 Å². The Morgan fingerprint density at radius 1 is 1.12 bits per heavy atom. The van der Waals surface area contributed by atoms with E-state index in [-0.39, 0.29) is 40.1 Å². The van der Waals surface area contributed by atoms with Gasteiger partial charge in [0.05, 0.1) is 4.92 Å². The van der Waals surface area contributed by atoms with Crippen LogP contribution in [0.25, 0.3) is 0 Å². The molecule has 2 atom stereocenters. The number of benzene rings is 2. The Kier molecular flexibility index (Phi) is 8.19. The molecule has 0 aliphatic carbocycles. The summed E-state index contributed by atoms with van der Waals surface area (Å²) >= 11 is 0. The van der Waals surface area contributed by atoms with Gasteiger partial charge in [0.1, 0.15) is 5.82 Å². The summed E-state index contributed by atoms with van der Waals surface area (Å²) in [6.07, 6.45) is 0. The van der Waals surface area contributed by atoms with Crippen LogP contribution in [-0.2, 0) is 11.3 Å². The molecule has 0 bridgehead atoms. The Morgan fingerprint density at radius 3 is 2.39 bits per heavy atom. The monoisotopic (exact) mass is 455 g/mol. The van der Waals surface area contributed by atoms with Crippen molar-refractivity contribution in [2.24, 2.45) is 17.8 Å². The van der Waals surface area contributed by atoms with Crippen molar-refractivity contribution in [2.45, 2.75) is 40.2 Å². The van der Waals surface area contributed by atoms with Gasteiger partial charge < -0.3 is 4.90 Å². The molecule has 1 aliphatic heterocycles. The lowest BCUT2D eigenvalue weighted by atomic mass is 9.88. The molecule has 1 aliphatic rings. The molecule has 33 heavy (non-hydrogen) atoms. The molecule has 6 nitrogen and oxygen atoms in total. The minimum Gasteiger partial charge on any atom is -0.342 e. The first kappa shape index (κ1) is 24.8. The first-order chi connectivity index (χ1) is 15.7. The second kappa shape index (κ2) is 10.9. The molecule has 0 N–H and O–H groups in total. The van der Waals surface area contributed by atoms with Crippen LogP contribution in [0.2, 0.25) is 0 Å². The van der Waals surface area contributed by atoms with Gasteiger partial charge in [-0.05, 0) is 29.5 Å². The number of carbonyl (C=O) groups excluding carboxylic acids is 1. The molecular formula is C26H34FN3O3. The zero-order valence-corrected chi connectivity index (χ0v) is 19.9. The maximum atomic E-state index is 13.6. The van der Waals surface area contributed by atoms with Crippen molar-refractivity contribution in [3.63, 3.8) is 0 Å². The molecule has 0 aromatic heterocycles. The second-order valence-electron chi connectivity index (χ2n) is 9.79. The van der Waals surface area contributed by atoms with Gasteiger partial charge in [0.25, 0.3) is 5.69 Å². The lowest BCUT2D eigenvalue weighted by Gasteiger charge is -2.31. The number of halogens is 1. The van der Waals surface area contributed by atoms with Crippen LogP contribution in [0.15, 0.2) is 48.5 Å². The molecule has 178 valence electrons. The van der Waals surface area contributed by atoms with E-state index in [4.69, 9.17) is 0 Å². The summed E-state index contributed by atoms with van der Waals surface area (Å²) < 4.78 is 13.6. The van der Waals surface area contributed by atoms with Crippen molar-refractivity contribution in [1.29, 1.82) is 0 Å². The van der Waals surface area contributed by atoms with Gasteiger partial charge in [-0.15, -0.1) is 0 Å². The molecule has 0 radical (unpaired) electrons. The van der Waals surface area contributed by atoms with Crippen molar-refractivity contribution < 1.29 is 14.1 Å². The smallest absolute Gasteiger partial charge is 0.273 e. The third-order valence-electron chi connectivity index (χ3n) is 6.24. The number of rotatable bonds is 9. The van der Waals surface area contributed by atoms with Crippen molar-refractivity contribution in [3.05, 3.63) is 75.6 Å². The Hall–Kier alpha value is -2.80. The predicted molar refractivity (Wildman–Crippen MR) is 127 cm³/mol. The van der Waals surface area contributed by atoms with Crippen LogP contribution in [0.3, 0.4) is 0 Å². The molecule has 2 aromatic rings. The number of nitro groups is 1. The maximum Gasteiger partial charge on any atom is 0.273 e. The fourth-order valence-electron chi connectivity index (χ4n) is 4.77. The highest BCUT2D eigenvalue weighted by molar-refractivity contribution is 5.78. The van der Waals surface area contributed by atoms with Gasteiger partial charge >= 0.3 is 0 Å². The van der Waals surface area contributed by atoms with Crippen LogP contribution in [0, 0.1) is 33.7 Å². The van der Waals surface area contributed by atoms with Gasteiger partial charge in [0.2, 0.25) is 5.91 Å². The number of nitrogens with zero attached hydrogens (tertiary/aromatic N) is 3. The van der Waals surface area contributed by atoms with E-state index in [1.54, 1.807) is 12.1 Å². The highest BCUT2D eigenvalue weighted by Crippen LogP contribution is 2.35. The van der Waals surface area contributed by atoms with Gasteiger partial charge in [-0.3, -0.25) is 19.8 Å². The Labute approximate surface area is 195 Å². The van der Waals surface area contributed by atoms with E-state index in [1.165, 1.54) is 18.2 Å². The lowest BCUT2D eigenvalue weighted by molar-refractivity contribution is -0.385. The predicted octanol–water partition coefficient (Wildman–Crippen LogP) is 5.09. The number of nitro benzene ring substituents is 1. The van der Waals surface area contributed by atoms with Crippen LogP contribution < -0.4 is 0 Å². The summed E-state index contributed by atoms with van der Waals surface area (Å²) in [7, 11) is 0. The maximum absolute atomic E-state index is 13.6. The molecule has 2 aromatic carbocycles. The summed E-state index contributed by atoms with van der Waals surface area (Å²) in [6, 6.07) is 13.4. The zero-order chi connectivity index (χ0) is 24.1. The Bertz CT molecular complexity index is 962. The lowest BCUT2D eigenvalue weighted by Crippen LogP contribution is -2.41. The zero-order valence-electron chi connectivity index (χ0n) is 19.9. The number of para-hydroxylation sites is 1. The van der Waals surface area contributed by atoms with Gasteiger partial charge in [-0.2, -0.15) is 0 Å². The molecule has 0 spiro atoms. The highest BCUT2D eigenvalue weighted by Gasteiger charge is 2.36. The van der Waals surface area contributed by atoms with E-state index in [0.717, 1.165) is 5.56 Å². The molecule has 7 heteroatoms. The van der Waals surface area contributed by atoms with Crippen LogP contribution in [-0.4, -0.2) is 46.8 Å². The fraction of sp³-hybridized carbons (Fsp3) is 0.500. The van der Waals surface area contributed by atoms with Crippen LogP contribution in [0.1, 0.15) is 44.7 Å². The van der Waals surface area contributed by atoms with E-state index in [0.29, 0.717) is 44.2 Å².